The average molecular weight is 316 g/mol. The molecule has 3 saturated carbocycles. The van der Waals surface area contributed by atoms with Crippen LogP contribution >= 0.6 is 0 Å². The van der Waals surface area contributed by atoms with Crippen LogP contribution in [0.2, 0.25) is 0 Å². The molecule has 8 rings (SSSR count). The Morgan fingerprint density at radius 2 is 1.92 bits per heavy atom. The summed E-state index contributed by atoms with van der Waals surface area (Å²) in [7, 11) is 0. The number of nitrogens with zero attached hydrogens (tertiary/aromatic N) is 4. The molecule has 2 aromatic heterocycles. The molecule has 5 unspecified atom stereocenters. The summed E-state index contributed by atoms with van der Waals surface area (Å²) in [5.74, 6) is 3.02. The zero-order valence-corrected chi connectivity index (χ0v) is 13.5. The van der Waals surface area contributed by atoms with Gasteiger partial charge in [-0.05, 0) is 61.1 Å². The second kappa shape index (κ2) is 4.65. The number of hydrogen-bond donors (Lipinski definition) is 0. The van der Waals surface area contributed by atoms with E-state index in [0.717, 1.165) is 17.4 Å². The lowest BCUT2D eigenvalue weighted by atomic mass is 9.58. The maximum atomic E-state index is 4.57. The maximum absolute atomic E-state index is 4.57. The summed E-state index contributed by atoms with van der Waals surface area (Å²) in [5, 5.41) is 10.1. The fraction of sp³-hybridized carbons (Fsp3) is 0.450. The van der Waals surface area contributed by atoms with Gasteiger partial charge in [0.1, 0.15) is 0 Å². The van der Waals surface area contributed by atoms with E-state index in [1.54, 1.807) is 0 Å². The highest BCUT2D eigenvalue weighted by Gasteiger charge is 2.50. The third-order valence-electron chi connectivity index (χ3n) is 6.87. The zero-order chi connectivity index (χ0) is 15.7. The summed E-state index contributed by atoms with van der Waals surface area (Å²) in [6, 6.07) is 11.0. The van der Waals surface area contributed by atoms with Gasteiger partial charge in [-0.25, -0.2) is 4.68 Å². The summed E-state index contributed by atoms with van der Waals surface area (Å²) in [6.07, 6.45) is 9.46. The molecular formula is C20H20N4. The zero-order valence-electron chi connectivity index (χ0n) is 13.5. The van der Waals surface area contributed by atoms with Gasteiger partial charge in [-0.2, -0.15) is 0 Å². The van der Waals surface area contributed by atoms with Crippen molar-refractivity contribution in [3.05, 3.63) is 54.0 Å². The first kappa shape index (κ1) is 13.1. The minimum atomic E-state index is 0.315. The topological polar surface area (TPSA) is 43.6 Å². The fourth-order valence-electron chi connectivity index (χ4n) is 5.88. The quantitative estimate of drug-likeness (QED) is 0.683. The van der Waals surface area contributed by atoms with Gasteiger partial charge in [0.2, 0.25) is 0 Å². The number of fused-ring (bicyclic) bond motifs is 2. The lowest BCUT2D eigenvalue weighted by Gasteiger charge is -2.46. The second-order valence-electron chi connectivity index (χ2n) is 7.80. The molecule has 2 aliphatic heterocycles. The van der Waals surface area contributed by atoms with Crippen molar-refractivity contribution < 1.29 is 0 Å². The summed E-state index contributed by atoms with van der Waals surface area (Å²) in [4.78, 5) is 4.57. The van der Waals surface area contributed by atoms with Gasteiger partial charge >= 0.3 is 0 Å². The Kier molecular flexibility index (Phi) is 2.54. The van der Waals surface area contributed by atoms with E-state index in [0.29, 0.717) is 17.9 Å². The molecular weight excluding hydrogens is 296 g/mol. The molecule has 4 nitrogen and oxygen atoms in total. The molecule has 3 aromatic rings. The summed E-state index contributed by atoms with van der Waals surface area (Å²) in [6.45, 7) is 0. The van der Waals surface area contributed by atoms with Crippen LogP contribution in [0.4, 0.5) is 0 Å². The standard InChI is InChI=1S/C20H20N4/c1-2-4-18-14(3-1)15(7-8-21-18)20-17-10-12-5-6-13(17)9-16(12)19-11-22-23-24(19)20/h1-4,7-8,11-13,16-17,20H,5-6,9-10H2. The summed E-state index contributed by atoms with van der Waals surface area (Å²) >= 11 is 0. The number of aromatic nitrogens is 4. The fourth-order valence-corrected chi connectivity index (χ4v) is 5.88. The lowest BCUT2D eigenvalue weighted by Crippen LogP contribution is -2.37. The van der Waals surface area contributed by atoms with Crippen molar-refractivity contribution in [1.82, 2.24) is 20.0 Å². The molecule has 0 amide bonds. The van der Waals surface area contributed by atoms with Gasteiger partial charge in [-0.1, -0.05) is 23.4 Å². The number of rotatable bonds is 1. The van der Waals surface area contributed by atoms with Crippen molar-refractivity contribution in [1.29, 1.82) is 0 Å². The van der Waals surface area contributed by atoms with Crippen LogP contribution in [0, 0.1) is 17.8 Å². The predicted octanol–water partition coefficient (Wildman–Crippen LogP) is 3.95. The highest BCUT2D eigenvalue weighted by Crippen LogP contribution is 2.59. The largest absolute Gasteiger partial charge is 0.256 e. The Morgan fingerprint density at radius 3 is 2.83 bits per heavy atom. The highest BCUT2D eigenvalue weighted by molar-refractivity contribution is 5.82. The Hall–Kier alpha value is -2.23. The van der Waals surface area contributed by atoms with Crippen LogP contribution in [0.1, 0.15) is 48.9 Å². The van der Waals surface area contributed by atoms with Crippen LogP contribution < -0.4 is 0 Å². The van der Waals surface area contributed by atoms with Crippen molar-refractivity contribution in [2.24, 2.45) is 17.8 Å². The molecule has 24 heavy (non-hydrogen) atoms. The normalized spacial score (nSPS) is 33.6. The van der Waals surface area contributed by atoms with Crippen LogP contribution in [0.15, 0.2) is 42.7 Å². The second-order valence-corrected chi connectivity index (χ2v) is 7.80. The molecule has 0 radical (unpaired) electrons. The Morgan fingerprint density at radius 1 is 1.00 bits per heavy atom. The van der Waals surface area contributed by atoms with E-state index in [4.69, 9.17) is 0 Å². The Balaban J connectivity index is 1.63. The third kappa shape index (κ3) is 1.61. The van der Waals surface area contributed by atoms with Crippen LogP contribution in [-0.2, 0) is 0 Å². The molecule has 0 spiro atoms. The minimum Gasteiger partial charge on any atom is -0.256 e. The van der Waals surface area contributed by atoms with Crippen LogP contribution in [0.5, 0.6) is 0 Å². The van der Waals surface area contributed by atoms with E-state index in [-0.39, 0.29) is 0 Å². The molecule has 1 aromatic carbocycles. The predicted molar refractivity (Wildman–Crippen MR) is 91.6 cm³/mol. The Labute approximate surface area is 140 Å². The van der Waals surface area contributed by atoms with Crippen LogP contribution in [-0.4, -0.2) is 20.0 Å². The monoisotopic (exact) mass is 316 g/mol. The summed E-state index contributed by atoms with van der Waals surface area (Å²) in [5.41, 5.74) is 3.83. The molecule has 0 N–H and O–H groups in total. The maximum Gasteiger partial charge on any atom is 0.0827 e. The van der Waals surface area contributed by atoms with E-state index in [1.807, 2.05) is 12.4 Å². The highest BCUT2D eigenvalue weighted by atomic mass is 15.4. The van der Waals surface area contributed by atoms with Gasteiger partial charge in [0, 0.05) is 17.5 Å². The average Bonchev–Trinajstić information content (AvgIpc) is 3.05. The molecule has 3 aliphatic carbocycles. The van der Waals surface area contributed by atoms with Crippen LogP contribution in [0.25, 0.3) is 10.9 Å². The van der Waals surface area contributed by atoms with E-state index in [2.05, 4.69) is 50.3 Å². The van der Waals surface area contributed by atoms with Crippen molar-refractivity contribution in [2.45, 2.75) is 37.6 Å². The smallest absolute Gasteiger partial charge is 0.0827 e. The van der Waals surface area contributed by atoms with Crippen LogP contribution in [0.3, 0.4) is 0 Å². The molecule has 0 saturated heterocycles. The van der Waals surface area contributed by atoms with Crippen molar-refractivity contribution in [3.63, 3.8) is 0 Å². The van der Waals surface area contributed by atoms with E-state index < -0.39 is 0 Å². The first-order valence-corrected chi connectivity index (χ1v) is 9.14. The SMILES string of the molecule is c1ccc2c(C3C4CC5CCC4CC5c4cnnn43)ccnc2c1. The van der Waals surface area contributed by atoms with E-state index in [1.165, 1.54) is 42.3 Å². The first-order chi connectivity index (χ1) is 11.9. The third-order valence-corrected chi connectivity index (χ3v) is 6.87. The molecule has 4 heterocycles. The van der Waals surface area contributed by atoms with Gasteiger partial charge in [-0.3, -0.25) is 4.98 Å². The van der Waals surface area contributed by atoms with Gasteiger partial charge in [0.15, 0.2) is 0 Å². The number of pyridine rings is 1. The molecule has 3 fully saturated rings. The molecule has 5 atom stereocenters. The number of hydrogen-bond acceptors (Lipinski definition) is 3. The molecule has 5 aliphatic rings. The van der Waals surface area contributed by atoms with Gasteiger partial charge in [0.05, 0.1) is 23.4 Å². The van der Waals surface area contributed by atoms with E-state index >= 15 is 0 Å². The Bertz CT molecular complexity index is 925. The van der Waals surface area contributed by atoms with Crippen molar-refractivity contribution in [2.75, 3.05) is 0 Å². The molecule has 4 heteroatoms. The number of para-hydroxylation sites is 1. The van der Waals surface area contributed by atoms with Gasteiger partial charge < -0.3 is 0 Å². The number of benzene rings is 1. The van der Waals surface area contributed by atoms with Crippen molar-refractivity contribution >= 4 is 10.9 Å². The lowest BCUT2D eigenvalue weighted by molar-refractivity contribution is 0.0702. The minimum absolute atomic E-state index is 0.315. The molecule has 120 valence electrons. The summed E-state index contributed by atoms with van der Waals surface area (Å²) < 4.78 is 2.27. The first-order valence-electron chi connectivity index (χ1n) is 9.14. The van der Waals surface area contributed by atoms with Crippen molar-refractivity contribution in [3.8, 4) is 0 Å². The van der Waals surface area contributed by atoms with Gasteiger partial charge in [-0.15, -0.1) is 5.10 Å². The van der Waals surface area contributed by atoms with Gasteiger partial charge in [0.25, 0.3) is 0 Å². The van der Waals surface area contributed by atoms with E-state index in [9.17, 15) is 0 Å². The molecule has 4 bridgehead atoms.